The van der Waals surface area contributed by atoms with E-state index in [2.05, 4.69) is 34.2 Å². The first-order valence-corrected chi connectivity index (χ1v) is 6.55. The van der Waals surface area contributed by atoms with Crippen molar-refractivity contribution >= 4 is 12.2 Å². The molecule has 0 amide bonds. The van der Waals surface area contributed by atoms with Crippen LogP contribution in [-0.2, 0) is 19.3 Å². The summed E-state index contributed by atoms with van der Waals surface area (Å²) in [7, 11) is 0. The number of H-pyrrole nitrogens is 2. The van der Waals surface area contributed by atoms with E-state index in [1.54, 1.807) is 0 Å². The van der Waals surface area contributed by atoms with Crippen LogP contribution in [0.25, 0.3) is 0 Å². The summed E-state index contributed by atoms with van der Waals surface area (Å²) < 4.78 is 0.733. The van der Waals surface area contributed by atoms with Gasteiger partial charge in [-0.05, 0) is 54.9 Å². The molecule has 0 aliphatic heterocycles. The highest BCUT2D eigenvalue weighted by molar-refractivity contribution is 7.71. The van der Waals surface area contributed by atoms with Crippen LogP contribution in [0.5, 0.6) is 0 Å². The Labute approximate surface area is 106 Å². The van der Waals surface area contributed by atoms with Gasteiger partial charge in [0, 0.05) is 11.9 Å². The van der Waals surface area contributed by atoms with Crippen LogP contribution in [0.1, 0.15) is 23.2 Å². The first-order chi connectivity index (χ1) is 8.31. The quantitative estimate of drug-likeness (QED) is 0.779. The van der Waals surface area contributed by atoms with Crippen LogP contribution in [0.4, 0.5) is 0 Å². The summed E-state index contributed by atoms with van der Waals surface area (Å²) in [5.41, 5.74) is 4.29. The summed E-state index contributed by atoms with van der Waals surface area (Å²) in [5, 5.41) is 0. The van der Waals surface area contributed by atoms with Gasteiger partial charge in [-0.25, -0.2) is 0 Å². The average molecular weight is 244 g/mol. The fourth-order valence-electron chi connectivity index (χ4n) is 2.74. The SMILES string of the molecule is S=c1[nH]cc(C[C@@H]2CCc3ccccc3C2)[nH]1. The van der Waals surface area contributed by atoms with Crippen molar-refractivity contribution in [2.45, 2.75) is 25.7 Å². The van der Waals surface area contributed by atoms with E-state index in [9.17, 15) is 0 Å². The van der Waals surface area contributed by atoms with Crippen molar-refractivity contribution in [2.75, 3.05) is 0 Å². The zero-order valence-electron chi connectivity index (χ0n) is 9.70. The van der Waals surface area contributed by atoms with Crippen LogP contribution >= 0.6 is 12.2 Å². The maximum Gasteiger partial charge on any atom is 0.174 e. The molecular weight excluding hydrogens is 228 g/mol. The first kappa shape index (κ1) is 10.8. The van der Waals surface area contributed by atoms with Crippen LogP contribution in [0, 0.1) is 10.7 Å². The Kier molecular flexibility index (Phi) is 2.85. The number of hydrogen-bond acceptors (Lipinski definition) is 1. The average Bonchev–Trinajstić information content (AvgIpc) is 2.75. The zero-order valence-corrected chi connectivity index (χ0v) is 10.5. The van der Waals surface area contributed by atoms with Crippen LogP contribution in [-0.4, -0.2) is 9.97 Å². The van der Waals surface area contributed by atoms with Crippen LogP contribution in [0.2, 0.25) is 0 Å². The summed E-state index contributed by atoms with van der Waals surface area (Å²) in [4.78, 5) is 6.24. The molecule has 2 nitrogen and oxygen atoms in total. The number of benzene rings is 1. The summed E-state index contributed by atoms with van der Waals surface area (Å²) in [6.45, 7) is 0. The van der Waals surface area contributed by atoms with Crippen molar-refractivity contribution in [2.24, 2.45) is 5.92 Å². The molecule has 0 saturated carbocycles. The number of aromatic nitrogens is 2. The van der Waals surface area contributed by atoms with Crippen LogP contribution in [0.15, 0.2) is 30.5 Å². The molecule has 2 aromatic rings. The van der Waals surface area contributed by atoms with Gasteiger partial charge in [-0.1, -0.05) is 24.3 Å². The van der Waals surface area contributed by atoms with Gasteiger partial charge in [0.15, 0.2) is 4.77 Å². The van der Waals surface area contributed by atoms with Crippen molar-refractivity contribution < 1.29 is 0 Å². The molecule has 3 heteroatoms. The molecule has 1 aliphatic carbocycles. The summed E-state index contributed by atoms with van der Waals surface area (Å²) >= 11 is 5.05. The third-order valence-electron chi connectivity index (χ3n) is 3.61. The van der Waals surface area contributed by atoms with E-state index in [0.717, 1.165) is 17.1 Å². The van der Waals surface area contributed by atoms with Gasteiger partial charge in [0.2, 0.25) is 0 Å². The summed E-state index contributed by atoms with van der Waals surface area (Å²) in [6, 6.07) is 8.81. The number of fused-ring (bicyclic) bond motifs is 1. The van der Waals surface area contributed by atoms with Gasteiger partial charge in [-0.15, -0.1) is 0 Å². The van der Waals surface area contributed by atoms with Gasteiger partial charge in [-0.3, -0.25) is 0 Å². The van der Waals surface area contributed by atoms with E-state index in [-0.39, 0.29) is 0 Å². The number of rotatable bonds is 2. The van der Waals surface area contributed by atoms with E-state index in [1.165, 1.54) is 36.1 Å². The predicted molar refractivity (Wildman–Crippen MR) is 71.6 cm³/mol. The monoisotopic (exact) mass is 244 g/mol. The third kappa shape index (κ3) is 2.34. The second-order valence-corrected chi connectivity index (χ2v) is 5.26. The van der Waals surface area contributed by atoms with Gasteiger partial charge in [0.05, 0.1) is 0 Å². The topological polar surface area (TPSA) is 31.6 Å². The van der Waals surface area contributed by atoms with Crippen LogP contribution in [0.3, 0.4) is 0 Å². The van der Waals surface area contributed by atoms with Gasteiger partial charge in [0.25, 0.3) is 0 Å². The molecule has 0 spiro atoms. The fraction of sp³-hybridized carbons (Fsp3) is 0.357. The highest BCUT2D eigenvalue weighted by Crippen LogP contribution is 2.27. The molecule has 0 saturated heterocycles. The predicted octanol–water partition coefficient (Wildman–Crippen LogP) is 3.42. The molecule has 1 heterocycles. The number of aryl methyl sites for hydroxylation is 1. The summed E-state index contributed by atoms with van der Waals surface area (Å²) in [5.74, 6) is 0.742. The standard InChI is InChI=1S/C14H16N2S/c17-14-15-9-13(16-14)8-10-5-6-11-3-1-2-4-12(11)7-10/h1-4,9-10H,5-8H2,(H2,15,16,17)/t10-/m1/s1. The molecule has 1 atom stereocenters. The smallest absolute Gasteiger partial charge is 0.174 e. The molecule has 1 aromatic heterocycles. The number of hydrogen-bond donors (Lipinski definition) is 2. The van der Waals surface area contributed by atoms with Gasteiger partial charge < -0.3 is 9.97 Å². The third-order valence-corrected chi connectivity index (χ3v) is 3.83. The molecule has 0 bridgehead atoms. The number of nitrogens with one attached hydrogen (secondary N) is 2. The van der Waals surface area contributed by atoms with Crippen molar-refractivity contribution in [1.29, 1.82) is 0 Å². The second-order valence-electron chi connectivity index (χ2n) is 4.85. The Balaban J connectivity index is 1.74. The number of imidazole rings is 1. The Hall–Kier alpha value is -1.35. The first-order valence-electron chi connectivity index (χ1n) is 6.14. The maximum absolute atomic E-state index is 5.05. The van der Waals surface area contributed by atoms with Crippen molar-refractivity contribution in [3.05, 3.63) is 52.1 Å². The molecule has 3 rings (SSSR count). The Morgan fingerprint density at radius 1 is 1.24 bits per heavy atom. The molecule has 88 valence electrons. The lowest BCUT2D eigenvalue weighted by Gasteiger charge is -2.23. The fourth-order valence-corrected chi connectivity index (χ4v) is 2.93. The molecule has 1 aromatic carbocycles. The van der Waals surface area contributed by atoms with Gasteiger partial charge >= 0.3 is 0 Å². The molecular formula is C14H16N2S. The molecule has 1 aliphatic rings. The van der Waals surface area contributed by atoms with E-state index < -0.39 is 0 Å². The van der Waals surface area contributed by atoms with E-state index in [1.807, 2.05) is 6.20 Å². The van der Waals surface area contributed by atoms with E-state index >= 15 is 0 Å². The van der Waals surface area contributed by atoms with Crippen molar-refractivity contribution in [1.82, 2.24) is 9.97 Å². The lowest BCUT2D eigenvalue weighted by Crippen LogP contribution is -2.16. The minimum atomic E-state index is 0.733. The summed E-state index contributed by atoms with van der Waals surface area (Å²) in [6.07, 6.45) is 6.79. The van der Waals surface area contributed by atoms with E-state index in [0.29, 0.717) is 0 Å². The molecule has 0 radical (unpaired) electrons. The van der Waals surface area contributed by atoms with Crippen molar-refractivity contribution in [3.63, 3.8) is 0 Å². The largest absolute Gasteiger partial charge is 0.337 e. The lowest BCUT2D eigenvalue weighted by molar-refractivity contribution is 0.452. The number of aromatic amines is 2. The highest BCUT2D eigenvalue weighted by Gasteiger charge is 2.18. The minimum Gasteiger partial charge on any atom is -0.337 e. The second kappa shape index (κ2) is 4.49. The normalized spacial score (nSPS) is 18.9. The molecule has 0 unspecified atom stereocenters. The Morgan fingerprint density at radius 2 is 2.06 bits per heavy atom. The Morgan fingerprint density at radius 3 is 2.82 bits per heavy atom. The molecule has 0 fully saturated rings. The van der Waals surface area contributed by atoms with Crippen LogP contribution < -0.4 is 0 Å². The zero-order chi connectivity index (χ0) is 11.7. The molecule has 17 heavy (non-hydrogen) atoms. The van der Waals surface area contributed by atoms with Gasteiger partial charge in [-0.2, -0.15) is 0 Å². The lowest BCUT2D eigenvalue weighted by atomic mass is 9.82. The highest BCUT2D eigenvalue weighted by atomic mass is 32.1. The van der Waals surface area contributed by atoms with Gasteiger partial charge in [0.1, 0.15) is 0 Å². The van der Waals surface area contributed by atoms with Crippen molar-refractivity contribution in [3.8, 4) is 0 Å². The van der Waals surface area contributed by atoms with E-state index in [4.69, 9.17) is 12.2 Å². The molecule has 2 N–H and O–H groups in total. The Bertz CT molecular complexity index is 567. The minimum absolute atomic E-state index is 0.733. The maximum atomic E-state index is 5.05.